The van der Waals surface area contributed by atoms with Crippen LogP contribution in [0.4, 0.5) is 0 Å². The van der Waals surface area contributed by atoms with E-state index in [0.717, 1.165) is 24.8 Å². The van der Waals surface area contributed by atoms with Crippen LogP contribution in [0, 0.1) is 0 Å². The number of fused-ring (bicyclic) bond motifs is 1. The Morgan fingerprint density at radius 2 is 2.15 bits per heavy atom. The fourth-order valence-corrected chi connectivity index (χ4v) is 5.41. The van der Waals surface area contributed by atoms with Crippen molar-refractivity contribution in [1.82, 2.24) is 4.72 Å². The van der Waals surface area contributed by atoms with E-state index in [1.165, 1.54) is 5.56 Å². The molecule has 1 aliphatic carbocycles. The van der Waals surface area contributed by atoms with Gasteiger partial charge in [-0.1, -0.05) is 40.2 Å². The Balaban J connectivity index is 1.73. The van der Waals surface area contributed by atoms with Crippen LogP contribution >= 0.6 is 15.9 Å². The highest BCUT2D eigenvalue weighted by molar-refractivity contribution is 9.09. The van der Waals surface area contributed by atoms with Crippen molar-refractivity contribution < 1.29 is 13.2 Å². The second kappa shape index (κ2) is 5.75. The lowest BCUT2D eigenvalue weighted by atomic mass is 10.1. The Labute approximate surface area is 128 Å². The van der Waals surface area contributed by atoms with E-state index < -0.39 is 10.0 Å². The SMILES string of the molecule is O=S(=O)(CC1CCCO1)NC1c2ccccc2CC1Br. The highest BCUT2D eigenvalue weighted by Crippen LogP contribution is 2.36. The third-order valence-electron chi connectivity index (χ3n) is 3.90. The number of alkyl halides is 1. The molecular weight excluding hydrogens is 342 g/mol. The molecule has 20 heavy (non-hydrogen) atoms. The van der Waals surface area contributed by atoms with E-state index in [1.807, 2.05) is 18.2 Å². The third kappa shape index (κ3) is 3.08. The van der Waals surface area contributed by atoms with E-state index in [4.69, 9.17) is 4.74 Å². The fourth-order valence-electron chi connectivity index (χ4n) is 2.95. The lowest BCUT2D eigenvalue weighted by molar-refractivity contribution is 0.127. The Morgan fingerprint density at radius 1 is 1.35 bits per heavy atom. The summed E-state index contributed by atoms with van der Waals surface area (Å²) in [5, 5.41) is 0. The van der Waals surface area contributed by atoms with Crippen LogP contribution in [-0.2, 0) is 21.2 Å². The predicted octanol–water partition coefficient (Wildman–Crippen LogP) is 2.15. The van der Waals surface area contributed by atoms with Gasteiger partial charge >= 0.3 is 0 Å². The third-order valence-corrected chi connectivity index (χ3v) is 6.18. The van der Waals surface area contributed by atoms with Crippen molar-refractivity contribution in [3.63, 3.8) is 0 Å². The van der Waals surface area contributed by atoms with Crippen molar-refractivity contribution in [2.24, 2.45) is 0 Å². The molecule has 0 amide bonds. The zero-order valence-corrected chi connectivity index (χ0v) is 13.5. The Bertz CT molecular complexity index is 584. The zero-order chi connectivity index (χ0) is 14.2. The van der Waals surface area contributed by atoms with Crippen molar-refractivity contribution in [3.05, 3.63) is 35.4 Å². The Hall–Kier alpha value is -0.430. The van der Waals surface area contributed by atoms with Crippen molar-refractivity contribution in [3.8, 4) is 0 Å². The van der Waals surface area contributed by atoms with E-state index >= 15 is 0 Å². The summed E-state index contributed by atoms with van der Waals surface area (Å²) in [5.41, 5.74) is 2.28. The van der Waals surface area contributed by atoms with Crippen molar-refractivity contribution in [2.75, 3.05) is 12.4 Å². The van der Waals surface area contributed by atoms with Crippen LogP contribution in [0.25, 0.3) is 0 Å². The lowest BCUT2D eigenvalue weighted by Crippen LogP contribution is -2.36. The molecule has 1 aliphatic heterocycles. The van der Waals surface area contributed by atoms with Gasteiger partial charge in [-0.05, 0) is 30.4 Å². The molecule has 1 fully saturated rings. The summed E-state index contributed by atoms with van der Waals surface area (Å²) in [7, 11) is -3.33. The van der Waals surface area contributed by atoms with Gasteiger partial charge in [0.15, 0.2) is 0 Å². The van der Waals surface area contributed by atoms with Crippen LogP contribution in [0.2, 0.25) is 0 Å². The van der Waals surface area contributed by atoms with E-state index in [2.05, 4.69) is 26.7 Å². The molecule has 4 nitrogen and oxygen atoms in total. The van der Waals surface area contributed by atoms with E-state index in [1.54, 1.807) is 0 Å². The standard InChI is InChI=1S/C14H18BrNO3S/c15-13-8-10-4-1-2-6-12(10)14(13)16-20(17,18)9-11-5-3-7-19-11/h1-2,4,6,11,13-14,16H,3,5,7-9H2. The molecule has 1 heterocycles. The minimum atomic E-state index is -3.33. The lowest BCUT2D eigenvalue weighted by Gasteiger charge is -2.19. The fraction of sp³-hybridized carbons (Fsp3) is 0.571. The van der Waals surface area contributed by atoms with Crippen molar-refractivity contribution in [1.29, 1.82) is 0 Å². The van der Waals surface area contributed by atoms with Gasteiger partial charge in [0.25, 0.3) is 0 Å². The minimum absolute atomic E-state index is 0.0609. The van der Waals surface area contributed by atoms with E-state index in [9.17, 15) is 8.42 Å². The summed E-state index contributed by atoms with van der Waals surface area (Å²) in [6.07, 6.45) is 2.48. The number of sulfonamides is 1. The number of hydrogen-bond donors (Lipinski definition) is 1. The van der Waals surface area contributed by atoms with Crippen LogP contribution in [0.5, 0.6) is 0 Å². The predicted molar refractivity (Wildman–Crippen MR) is 81.5 cm³/mol. The Kier molecular flexibility index (Phi) is 4.17. The van der Waals surface area contributed by atoms with Crippen LogP contribution in [0.3, 0.4) is 0 Å². The number of benzene rings is 1. The topological polar surface area (TPSA) is 55.4 Å². The number of rotatable bonds is 4. The first kappa shape index (κ1) is 14.5. The molecule has 2 aliphatic rings. The van der Waals surface area contributed by atoms with Gasteiger partial charge in [0, 0.05) is 11.4 Å². The van der Waals surface area contributed by atoms with Crippen molar-refractivity contribution in [2.45, 2.75) is 36.2 Å². The Morgan fingerprint density at radius 3 is 2.90 bits per heavy atom. The average Bonchev–Trinajstić information content (AvgIpc) is 2.98. The summed E-state index contributed by atoms with van der Waals surface area (Å²) in [6.45, 7) is 0.674. The number of ether oxygens (including phenoxy) is 1. The molecule has 0 bridgehead atoms. The van der Waals surface area contributed by atoms with Gasteiger partial charge in [-0.2, -0.15) is 0 Å². The smallest absolute Gasteiger partial charge is 0.214 e. The minimum Gasteiger partial charge on any atom is -0.377 e. The van der Waals surface area contributed by atoms with Gasteiger partial charge in [0.2, 0.25) is 10.0 Å². The van der Waals surface area contributed by atoms with Crippen LogP contribution in [-0.4, -0.2) is 31.7 Å². The molecular formula is C14H18BrNO3S. The molecule has 1 aromatic carbocycles. The van der Waals surface area contributed by atoms with Gasteiger partial charge in [0.1, 0.15) is 0 Å². The maximum atomic E-state index is 12.3. The number of nitrogens with one attached hydrogen (secondary N) is 1. The largest absolute Gasteiger partial charge is 0.377 e. The van der Waals surface area contributed by atoms with Crippen LogP contribution in [0.15, 0.2) is 24.3 Å². The highest BCUT2D eigenvalue weighted by Gasteiger charge is 2.34. The molecule has 3 rings (SSSR count). The quantitative estimate of drug-likeness (QED) is 0.838. The van der Waals surface area contributed by atoms with Crippen molar-refractivity contribution >= 4 is 26.0 Å². The molecule has 1 aromatic rings. The van der Waals surface area contributed by atoms with Gasteiger partial charge in [0.05, 0.1) is 17.9 Å². The molecule has 0 radical (unpaired) electrons. The molecule has 3 unspecified atom stereocenters. The monoisotopic (exact) mass is 359 g/mol. The summed E-state index contributed by atoms with van der Waals surface area (Å²) in [5.74, 6) is 0.0609. The maximum Gasteiger partial charge on any atom is 0.214 e. The first-order chi connectivity index (χ1) is 9.55. The average molecular weight is 360 g/mol. The van der Waals surface area contributed by atoms with Gasteiger partial charge in [-0.15, -0.1) is 0 Å². The summed E-state index contributed by atoms with van der Waals surface area (Å²) in [4.78, 5) is 0.110. The normalized spacial score (nSPS) is 29.6. The second-order valence-electron chi connectivity index (χ2n) is 5.43. The molecule has 1 N–H and O–H groups in total. The molecule has 0 spiro atoms. The summed E-state index contributed by atoms with van der Waals surface area (Å²) in [6, 6.07) is 7.80. The molecule has 1 saturated heterocycles. The first-order valence-corrected chi connectivity index (χ1v) is 9.45. The van der Waals surface area contributed by atoms with Crippen LogP contribution < -0.4 is 4.72 Å². The summed E-state index contributed by atoms with van der Waals surface area (Å²) < 4.78 is 32.8. The van der Waals surface area contributed by atoms with Crippen LogP contribution in [0.1, 0.15) is 30.0 Å². The zero-order valence-electron chi connectivity index (χ0n) is 11.1. The second-order valence-corrected chi connectivity index (χ2v) is 8.41. The van der Waals surface area contributed by atoms with Gasteiger partial charge in [-0.3, -0.25) is 0 Å². The van der Waals surface area contributed by atoms with E-state index in [-0.39, 0.29) is 22.7 Å². The molecule has 6 heteroatoms. The molecule has 3 atom stereocenters. The molecule has 0 saturated carbocycles. The molecule has 0 aromatic heterocycles. The highest BCUT2D eigenvalue weighted by atomic mass is 79.9. The summed E-state index contributed by atoms with van der Waals surface area (Å²) >= 11 is 3.59. The van der Waals surface area contributed by atoms with E-state index in [0.29, 0.717) is 6.61 Å². The number of hydrogen-bond acceptors (Lipinski definition) is 3. The van der Waals surface area contributed by atoms with Gasteiger partial charge < -0.3 is 4.74 Å². The number of halogens is 1. The first-order valence-electron chi connectivity index (χ1n) is 6.89. The van der Waals surface area contributed by atoms with Gasteiger partial charge in [-0.25, -0.2) is 13.1 Å². The molecule has 110 valence electrons. The maximum absolute atomic E-state index is 12.3.